The Morgan fingerprint density at radius 3 is 2.37 bits per heavy atom. The number of carbonyl (C=O) groups is 1. The average Bonchev–Trinajstić information content (AvgIpc) is 3.23. The number of carbonyl (C=O) groups excluding carboxylic acids is 1. The van der Waals surface area contributed by atoms with Crippen LogP contribution in [0.1, 0.15) is 36.8 Å². The molecule has 6 heteroatoms. The lowest BCUT2D eigenvalue weighted by Crippen LogP contribution is -2.38. The van der Waals surface area contributed by atoms with Crippen LogP contribution in [-0.2, 0) is 11.3 Å². The van der Waals surface area contributed by atoms with E-state index >= 15 is 0 Å². The molecule has 2 heterocycles. The van der Waals surface area contributed by atoms with E-state index in [4.69, 9.17) is 9.57 Å². The summed E-state index contributed by atoms with van der Waals surface area (Å²) >= 11 is 0. The molecule has 6 nitrogen and oxygen atoms in total. The molecule has 0 saturated carbocycles. The first-order chi connectivity index (χ1) is 14.8. The minimum Gasteiger partial charge on any atom is -0.450 e. The van der Waals surface area contributed by atoms with Gasteiger partial charge in [0, 0.05) is 24.2 Å². The fourth-order valence-electron chi connectivity index (χ4n) is 3.91. The van der Waals surface area contributed by atoms with Crippen LogP contribution in [0.5, 0.6) is 0 Å². The Kier molecular flexibility index (Phi) is 6.32. The molecule has 0 aliphatic carbocycles. The largest absolute Gasteiger partial charge is 0.450 e. The highest BCUT2D eigenvalue weighted by Crippen LogP contribution is 2.35. The fourth-order valence-corrected chi connectivity index (χ4v) is 3.91. The first-order valence-corrected chi connectivity index (χ1v) is 10.5. The lowest BCUT2D eigenvalue weighted by Gasteiger charge is -2.31. The topological polar surface area (TPSA) is 56.6 Å². The monoisotopic (exact) mass is 405 g/mol. The molecule has 30 heavy (non-hydrogen) atoms. The van der Waals surface area contributed by atoms with Gasteiger partial charge in [0.1, 0.15) is 12.3 Å². The van der Waals surface area contributed by atoms with Gasteiger partial charge in [-0.15, -0.1) is 5.10 Å². The van der Waals surface area contributed by atoms with Crippen molar-refractivity contribution in [3.8, 4) is 11.3 Å². The Bertz CT molecular complexity index is 948. The third kappa shape index (κ3) is 4.48. The van der Waals surface area contributed by atoms with E-state index < -0.39 is 0 Å². The molecular weight excluding hydrogens is 378 g/mol. The standard InChI is InChI=1S/C24H27N3O3/c1-2-29-24(28)26-15-13-20(14-16-26)22-17-25-27(23(22)21-11-7-4-8-12-21)30-18-19-9-5-3-6-10-19/h3-12,17,20H,2,13-16,18H2,1H3. The highest BCUT2D eigenvalue weighted by Gasteiger charge is 2.28. The van der Waals surface area contributed by atoms with E-state index in [9.17, 15) is 4.79 Å². The molecule has 0 N–H and O–H groups in total. The summed E-state index contributed by atoms with van der Waals surface area (Å²) in [7, 11) is 0. The Hall–Kier alpha value is -3.28. The van der Waals surface area contributed by atoms with Crippen molar-refractivity contribution in [2.45, 2.75) is 32.3 Å². The second kappa shape index (κ2) is 9.48. The number of ether oxygens (including phenoxy) is 1. The predicted octanol–water partition coefficient (Wildman–Crippen LogP) is 4.51. The second-order valence-corrected chi connectivity index (χ2v) is 7.41. The van der Waals surface area contributed by atoms with Crippen molar-refractivity contribution in [3.63, 3.8) is 0 Å². The summed E-state index contributed by atoms with van der Waals surface area (Å²) in [5.74, 6) is 0.319. The van der Waals surface area contributed by atoms with Crippen LogP contribution in [0.15, 0.2) is 66.9 Å². The van der Waals surface area contributed by atoms with Crippen molar-refractivity contribution in [3.05, 3.63) is 78.0 Å². The van der Waals surface area contributed by atoms with Crippen LogP contribution in [-0.4, -0.2) is 40.6 Å². The SMILES string of the molecule is CCOC(=O)N1CCC(c2cnn(OCc3ccccc3)c2-c2ccccc2)CC1. The van der Waals surface area contributed by atoms with E-state index in [0.29, 0.717) is 32.2 Å². The molecule has 4 rings (SSSR count). The average molecular weight is 405 g/mol. The van der Waals surface area contributed by atoms with Gasteiger partial charge in [0.25, 0.3) is 0 Å². The second-order valence-electron chi connectivity index (χ2n) is 7.41. The lowest BCUT2D eigenvalue weighted by atomic mass is 9.88. The predicted molar refractivity (Wildman–Crippen MR) is 115 cm³/mol. The quantitative estimate of drug-likeness (QED) is 0.605. The molecule has 1 saturated heterocycles. The highest BCUT2D eigenvalue weighted by atomic mass is 16.7. The number of hydrogen-bond acceptors (Lipinski definition) is 4. The molecule has 1 amide bonds. The van der Waals surface area contributed by atoms with Gasteiger partial charge in [-0.05, 0) is 31.2 Å². The first-order valence-electron chi connectivity index (χ1n) is 10.5. The molecule has 0 bridgehead atoms. The number of aromatic nitrogens is 2. The Balaban J connectivity index is 1.55. The van der Waals surface area contributed by atoms with Crippen molar-refractivity contribution < 1.29 is 14.4 Å². The smallest absolute Gasteiger partial charge is 0.409 e. The summed E-state index contributed by atoms with van der Waals surface area (Å²) in [4.78, 5) is 21.5. The van der Waals surface area contributed by atoms with E-state index in [2.05, 4.69) is 17.2 Å². The molecule has 0 spiro atoms. The van der Waals surface area contributed by atoms with Crippen molar-refractivity contribution in [1.82, 2.24) is 14.8 Å². The summed E-state index contributed by atoms with van der Waals surface area (Å²) in [6.07, 6.45) is 3.45. The lowest BCUT2D eigenvalue weighted by molar-refractivity contribution is 0.0733. The Labute approximate surface area is 177 Å². The van der Waals surface area contributed by atoms with Crippen LogP contribution in [0.4, 0.5) is 4.79 Å². The summed E-state index contributed by atoms with van der Waals surface area (Å²) in [6, 6.07) is 20.3. The van der Waals surface area contributed by atoms with Crippen LogP contribution in [0.25, 0.3) is 11.3 Å². The zero-order valence-corrected chi connectivity index (χ0v) is 17.2. The number of benzene rings is 2. The fraction of sp³-hybridized carbons (Fsp3) is 0.333. The number of hydrogen-bond donors (Lipinski definition) is 0. The summed E-state index contributed by atoms with van der Waals surface area (Å²) in [6.45, 7) is 4.06. The molecule has 156 valence electrons. The third-order valence-electron chi connectivity index (χ3n) is 5.47. The van der Waals surface area contributed by atoms with Crippen LogP contribution in [0.2, 0.25) is 0 Å². The minimum atomic E-state index is -0.221. The van der Waals surface area contributed by atoms with Crippen LogP contribution in [0, 0.1) is 0 Å². The molecule has 1 aromatic heterocycles. The summed E-state index contributed by atoms with van der Waals surface area (Å²) in [5.41, 5.74) is 4.32. The zero-order chi connectivity index (χ0) is 20.8. The van der Waals surface area contributed by atoms with Crippen molar-refractivity contribution in [2.24, 2.45) is 0 Å². The van der Waals surface area contributed by atoms with Gasteiger partial charge in [-0.2, -0.15) is 0 Å². The van der Waals surface area contributed by atoms with Gasteiger partial charge < -0.3 is 14.5 Å². The van der Waals surface area contributed by atoms with E-state index in [1.54, 1.807) is 9.75 Å². The van der Waals surface area contributed by atoms with Gasteiger partial charge >= 0.3 is 6.09 Å². The Morgan fingerprint density at radius 1 is 1.03 bits per heavy atom. The zero-order valence-electron chi connectivity index (χ0n) is 17.2. The normalized spacial score (nSPS) is 14.5. The minimum absolute atomic E-state index is 0.221. The van der Waals surface area contributed by atoms with Gasteiger partial charge in [0.15, 0.2) is 0 Å². The van der Waals surface area contributed by atoms with Gasteiger partial charge in [-0.1, -0.05) is 65.5 Å². The molecular formula is C24H27N3O3. The van der Waals surface area contributed by atoms with Gasteiger partial charge in [-0.25, -0.2) is 4.79 Å². The molecule has 3 aromatic rings. The van der Waals surface area contributed by atoms with E-state index in [1.165, 1.54) is 0 Å². The van der Waals surface area contributed by atoms with Crippen LogP contribution < -0.4 is 4.84 Å². The molecule has 2 aromatic carbocycles. The van der Waals surface area contributed by atoms with Crippen molar-refractivity contribution in [2.75, 3.05) is 19.7 Å². The summed E-state index contributed by atoms with van der Waals surface area (Å²) < 4.78 is 5.14. The van der Waals surface area contributed by atoms with Crippen molar-refractivity contribution in [1.29, 1.82) is 0 Å². The van der Waals surface area contributed by atoms with E-state index in [1.807, 2.05) is 61.7 Å². The van der Waals surface area contributed by atoms with Gasteiger partial charge in [-0.3, -0.25) is 0 Å². The highest BCUT2D eigenvalue weighted by molar-refractivity contribution is 5.68. The molecule has 1 fully saturated rings. The number of rotatable bonds is 6. The third-order valence-corrected chi connectivity index (χ3v) is 5.47. The maximum absolute atomic E-state index is 12.0. The summed E-state index contributed by atoms with van der Waals surface area (Å²) in [5, 5.41) is 4.56. The maximum atomic E-state index is 12.0. The van der Waals surface area contributed by atoms with Crippen LogP contribution in [0.3, 0.4) is 0 Å². The Morgan fingerprint density at radius 2 is 1.70 bits per heavy atom. The number of nitrogens with zero attached hydrogens (tertiary/aromatic N) is 3. The maximum Gasteiger partial charge on any atom is 0.409 e. The molecule has 0 atom stereocenters. The van der Waals surface area contributed by atoms with E-state index in [-0.39, 0.29) is 6.09 Å². The van der Waals surface area contributed by atoms with Crippen LogP contribution >= 0.6 is 0 Å². The molecule has 0 radical (unpaired) electrons. The first kappa shape index (κ1) is 20.0. The van der Waals surface area contributed by atoms with Crippen molar-refractivity contribution >= 4 is 6.09 Å². The molecule has 0 unspecified atom stereocenters. The molecule has 1 aliphatic rings. The number of amides is 1. The molecule has 1 aliphatic heterocycles. The van der Waals surface area contributed by atoms with Gasteiger partial charge in [0.05, 0.1) is 12.8 Å². The number of piperidine rings is 1. The van der Waals surface area contributed by atoms with E-state index in [0.717, 1.165) is 35.2 Å². The van der Waals surface area contributed by atoms with Gasteiger partial charge in [0.2, 0.25) is 0 Å². The number of likely N-dealkylation sites (tertiary alicyclic amines) is 1.